The number of rotatable bonds is 3. The van der Waals surface area contributed by atoms with Gasteiger partial charge < -0.3 is 9.72 Å². The second-order valence-corrected chi connectivity index (χ2v) is 3.39. The average Bonchev–Trinajstić information content (AvgIpc) is 2.59. The number of ether oxygens (including phenoxy) is 1. The molecule has 0 aromatic carbocycles. The highest BCUT2D eigenvalue weighted by atomic mass is 79.9. The van der Waals surface area contributed by atoms with Crippen LogP contribution in [0.25, 0.3) is 0 Å². The van der Waals surface area contributed by atoms with Crippen LogP contribution in [-0.2, 0) is 15.4 Å². The zero-order valence-corrected chi connectivity index (χ0v) is 10.1. The van der Waals surface area contributed by atoms with E-state index in [0.29, 0.717) is 16.4 Å². The fraction of sp³-hybridized carbons (Fsp3) is 0.429. The number of methoxy groups -OCH3 is 1. The Kier molecular flexibility index (Phi) is 3.92. The zero-order valence-electron chi connectivity index (χ0n) is 6.93. The lowest BCUT2D eigenvalue weighted by molar-refractivity contribution is 0.0593. The minimum Gasteiger partial charge on any atom is -0.464 e. The molecule has 0 radical (unpaired) electrons. The Bertz CT molecular complexity index is 311. The number of imidazole rings is 1. The second-order valence-electron chi connectivity index (χ2n) is 2.27. The Morgan fingerprint density at radius 1 is 1.54 bits per heavy atom. The topological polar surface area (TPSA) is 55.0 Å². The summed E-state index contributed by atoms with van der Waals surface area (Å²) in [6.07, 6.45) is 0. The lowest BCUT2D eigenvalue weighted by atomic mass is 10.3. The molecule has 0 saturated heterocycles. The number of carbonyl (C=O) groups is 1. The minimum absolute atomic E-state index is 0.342. The molecule has 0 amide bonds. The van der Waals surface area contributed by atoms with Gasteiger partial charge in [0.1, 0.15) is 5.82 Å². The van der Waals surface area contributed by atoms with Crippen molar-refractivity contribution in [2.45, 2.75) is 10.7 Å². The molecular formula is C7H8Br2N2O2. The third-order valence-corrected chi connectivity index (χ3v) is 2.56. The Morgan fingerprint density at radius 2 is 2.23 bits per heavy atom. The molecule has 1 heterocycles. The lowest BCUT2D eigenvalue weighted by Gasteiger charge is -1.95. The average molecular weight is 312 g/mol. The largest absolute Gasteiger partial charge is 0.464 e. The molecule has 0 spiro atoms. The van der Waals surface area contributed by atoms with E-state index in [1.807, 2.05) is 0 Å². The van der Waals surface area contributed by atoms with Crippen LogP contribution in [0.5, 0.6) is 0 Å². The first-order valence-corrected chi connectivity index (χ1v) is 5.75. The number of H-pyrrole nitrogens is 1. The molecule has 0 unspecified atom stereocenters. The van der Waals surface area contributed by atoms with Crippen molar-refractivity contribution in [1.82, 2.24) is 9.97 Å². The number of nitrogens with zero attached hydrogens (tertiary/aromatic N) is 1. The summed E-state index contributed by atoms with van der Waals surface area (Å²) in [6.45, 7) is 0. The van der Waals surface area contributed by atoms with Gasteiger partial charge in [0.25, 0.3) is 0 Å². The van der Waals surface area contributed by atoms with Crippen molar-refractivity contribution in [2.75, 3.05) is 7.11 Å². The first-order valence-electron chi connectivity index (χ1n) is 3.51. The highest BCUT2D eigenvalue weighted by molar-refractivity contribution is 9.08. The molecule has 0 saturated carbocycles. The first-order chi connectivity index (χ1) is 6.22. The molecule has 0 aliphatic carbocycles. The van der Waals surface area contributed by atoms with Crippen molar-refractivity contribution in [3.8, 4) is 0 Å². The molecule has 0 aliphatic heterocycles. The molecule has 0 bridgehead atoms. The smallest absolute Gasteiger partial charge is 0.358 e. The number of esters is 1. The normalized spacial score (nSPS) is 10.1. The predicted octanol–water partition coefficient (Wildman–Crippen LogP) is 1.99. The molecule has 1 aromatic heterocycles. The van der Waals surface area contributed by atoms with Crippen molar-refractivity contribution in [3.63, 3.8) is 0 Å². The van der Waals surface area contributed by atoms with Gasteiger partial charge in [0.2, 0.25) is 0 Å². The fourth-order valence-electron chi connectivity index (χ4n) is 0.889. The van der Waals surface area contributed by atoms with Gasteiger partial charge in [-0.15, -0.1) is 0 Å². The standard InChI is InChI=1S/C7H8Br2N2O2/c1-13-7(12)6-4(2-8)10-5(3-9)11-6/h2-3H2,1H3,(H,10,11). The quantitative estimate of drug-likeness (QED) is 0.686. The summed E-state index contributed by atoms with van der Waals surface area (Å²) >= 11 is 6.50. The first kappa shape index (κ1) is 10.7. The van der Waals surface area contributed by atoms with Gasteiger partial charge in [-0.05, 0) is 0 Å². The number of hydrogen-bond acceptors (Lipinski definition) is 3. The van der Waals surface area contributed by atoms with Crippen LogP contribution in [0, 0.1) is 0 Å². The Morgan fingerprint density at radius 3 is 2.69 bits per heavy atom. The molecule has 0 fully saturated rings. The van der Waals surface area contributed by atoms with Crippen molar-refractivity contribution in [1.29, 1.82) is 0 Å². The second kappa shape index (κ2) is 4.76. The SMILES string of the molecule is COC(=O)c1nc(CBr)[nH]c1CBr. The van der Waals surface area contributed by atoms with Crippen LogP contribution in [0.3, 0.4) is 0 Å². The monoisotopic (exact) mass is 310 g/mol. The number of nitrogens with one attached hydrogen (secondary N) is 1. The molecule has 1 aromatic rings. The summed E-state index contributed by atoms with van der Waals surface area (Å²) in [6, 6.07) is 0. The van der Waals surface area contributed by atoms with Crippen LogP contribution in [-0.4, -0.2) is 23.0 Å². The van der Waals surface area contributed by atoms with Crippen molar-refractivity contribution >= 4 is 37.8 Å². The van der Waals surface area contributed by atoms with Gasteiger partial charge in [0.05, 0.1) is 18.1 Å². The summed E-state index contributed by atoms with van der Waals surface area (Å²) in [5.41, 5.74) is 1.08. The van der Waals surface area contributed by atoms with E-state index in [0.717, 1.165) is 11.5 Å². The van der Waals surface area contributed by atoms with Crippen LogP contribution in [0.4, 0.5) is 0 Å². The Balaban J connectivity index is 3.03. The van der Waals surface area contributed by atoms with E-state index in [1.165, 1.54) is 7.11 Å². The molecular weight excluding hydrogens is 304 g/mol. The number of alkyl halides is 2. The zero-order chi connectivity index (χ0) is 9.84. The third kappa shape index (κ3) is 2.31. The number of aromatic amines is 1. The van der Waals surface area contributed by atoms with Crippen LogP contribution >= 0.6 is 31.9 Å². The van der Waals surface area contributed by atoms with Crippen LogP contribution in [0.15, 0.2) is 0 Å². The fourth-order valence-corrected chi connectivity index (χ4v) is 1.56. The molecule has 13 heavy (non-hydrogen) atoms. The van der Waals surface area contributed by atoms with Crippen LogP contribution < -0.4 is 0 Å². The van der Waals surface area contributed by atoms with Crippen molar-refractivity contribution < 1.29 is 9.53 Å². The van der Waals surface area contributed by atoms with Gasteiger partial charge in [0.15, 0.2) is 5.69 Å². The van der Waals surface area contributed by atoms with E-state index in [2.05, 4.69) is 46.6 Å². The van der Waals surface area contributed by atoms with Crippen molar-refractivity contribution in [3.05, 3.63) is 17.2 Å². The summed E-state index contributed by atoms with van der Waals surface area (Å²) in [5.74, 6) is 0.299. The highest BCUT2D eigenvalue weighted by Crippen LogP contribution is 2.12. The number of halogens is 2. The molecule has 1 N–H and O–H groups in total. The van der Waals surface area contributed by atoms with Gasteiger partial charge in [0, 0.05) is 5.33 Å². The van der Waals surface area contributed by atoms with E-state index >= 15 is 0 Å². The molecule has 0 aliphatic rings. The van der Waals surface area contributed by atoms with Crippen molar-refractivity contribution in [2.24, 2.45) is 0 Å². The van der Waals surface area contributed by atoms with Gasteiger partial charge in [-0.2, -0.15) is 0 Å². The van der Waals surface area contributed by atoms with Crippen LogP contribution in [0.1, 0.15) is 22.0 Å². The summed E-state index contributed by atoms with van der Waals surface area (Å²) in [7, 11) is 1.34. The van der Waals surface area contributed by atoms with E-state index in [-0.39, 0.29) is 0 Å². The molecule has 0 atom stereocenters. The maximum absolute atomic E-state index is 11.2. The Labute approximate surface area is 92.3 Å². The molecule has 72 valence electrons. The van der Waals surface area contributed by atoms with Gasteiger partial charge in [-0.3, -0.25) is 0 Å². The number of hydrogen-bond donors (Lipinski definition) is 1. The van der Waals surface area contributed by atoms with E-state index < -0.39 is 5.97 Å². The van der Waals surface area contributed by atoms with E-state index in [1.54, 1.807) is 0 Å². The predicted molar refractivity (Wildman–Crippen MR) is 55.2 cm³/mol. The van der Waals surface area contributed by atoms with E-state index in [9.17, 15) is 4.79 Å². The number of carbonyl (C=O) groups excluding carboxylic acids is 1. The lowest BCUT2D eigenvalue weighted by Crippen LogP contribution is -2.04. The Hall–Kier alpha value is -0.360. The summed E-state index contributed by atoms with van der Waals surface area (Å²) < 4.78 is 4.58. The minimum atomic E-state index is -0.419. The number of aromatic nitrogens is 2. The molecule has 6 heteroatoms. The maximum Gasteiger partial charge on any atom is 0.358 e. The highest BCUT2D eigenvalue weighted by Gasteiger charge is 2.16. The van der Waals surface area contributed by atoms with Gasteiger partial charge in [-0.1, -0.05) is 31.9 Å². The summed E-state index contributed by atoms with van der Waals surface area (Å²) in [5, 5.41) is 1.14. The third-order valence-electron chi connectivity index (χ3n) is 1.47. The van der Waals surface area contributed by atoms with Gasteiger partial charge >= 0.3 is 5.97 Å². The van der Waals surface area contributed by atoms with Crippen LogP contribution in [0.2, 0.25) is 0 Å². The summed E-state index contributed by atoms with van der Waals surface area (Å²) in [4.78, 5) is 18.2. The maximum atomic E-state index is 11.2. The van der Waals surface area contributed by atoms with E-state index in [4.69, 9.17) is 0 Å². The molecule has 1 rings (SSSR count). The van der Waals surface area contributed by atoms with Gasteiger partial charge in [-0.25, -0.2) is 9.78 Å². The molecule has 4 nitrogen and oxygen atoms in total.